The Kier molecular flexibility index (Phi) is 6.62. The third kappa shape index (κ3) is 3.73. The van der Waals surface area contributed by atoms with E-state index in [-0.39, 0.29) is 10.2 Å². The molecule has 1 fully saturated rings. The van der Waals surface area contributed by atoms with E-state index in [0.29, 0.717) is 12.2 Å². The maximum atomic E-state index is 10.7. The van der Waals surface area contributed by atoms with E-state index < -0.39 is 37.3 Å². The van der Waals surface area contributed by atoms with Crippen LogP contribution in [0.25, 0.3) is 11.1 Å². The number of fused-ring (bicyclic) bond motifs is 1. The van der Waals surface area contributed by atoms with Gasteiger partial charge in [0.15, 0.2) is 6.23 Å². The van der Waals surface area contributed by atoms with Crippen molar-refractivity contribution in [1.29, 1.82) is 5.26 Å². The summed E-state index contributed by atoms with van der Waals surface area (Å²) in [5.74, 6) is 0.701. The number of hydrogen-bond acceptors (Lipinski definition) is 8. The standard InChI is InChI=1S/C23H26N2O6S/c1-30-13-8-6-12(7-9-13)18-14-4-2-3-5-16(14)25(23(32)15(18)10-24)22-21(29)20(28)19(27)17(11-26)31-22/h6-9,17,19-22,26-29H,2-5,11H2,1H3/t17-,19+,20+,21-,22-/m0/s1. The van der Waals surface area contributed by atoms with Gasteiger partial charge in [0.05, 0.1) is 19.3 Å². The molecule has 170 valence electrons. The van der Waals surface area contributed by atoms with Crippen molar-refractivity contribution in [2.75, 3.05) is 13.7 Å². The molecule has 0 radical (unpaired) electrons. The quantitative estimate of drug-likeness (QED) is 0.509. The molecule has 4 N–H and O–H groups in total. The first-order valence-electron chi connectivity index (χ1n) is 10.6. The van der Waals surface area contributed by atoms with E-state index in [0.717, 1.165) is 41.6 Å². The van der Waals surface area contributed by atoms with E-state index in [9.17, 15) is 25.7 Å². The van der Waals surface area contributed by atoms with Crippen molar-refractivity contribution in [3.05, 3.63) is 45.7 Å². The number of aliphatic hydroxyl groups is 4. The number of rotatable bonds is 4. The Bertz CT molecular complexity index is 1090. The lowest BCUT2D eigenvalue weighted by molar-refractivity contribution is -0.252. The van der Waals surface area contributed by atoms with Gasteiger partial charge >= 0.3 is 0 Å². The summed E-state index contributed by atoms with van der Waals surface area (Å²) in [6, 6.07) is 9.65. The van der Waals surface area contributed by atoms with E-state index in [4.69, 9.17) is 21.7 Å². The molecule has 0 bridgehead atoms. The molecular formula is C23H26N2O6S. The molecule has 0 saturated carbocycles. The van der Waals surface area contributed by atoms with Crippen molar-refractivity contribution >= 4 is 12.2 Å². The van der Waals surface area contributed by atoms with Gasteiger partial charge in [-0.1, -0.05) is 24.4 Å². The first-order valence-corrected chi connectivity index (χ1v) is 11.0. The topological polar surface area (TPSA) is 128 Å². The maximum Gasteiger partial charge on any atom is 0.164 e. The van der Waals surface area contributed by atoms with Gasteiger partial charge in [-0.3, -0.25) is 0 Å². The largest absolute Gasteiger partial charge is 0.497 e. The zero-order valence-corrected chi connectivity index (χ0v) is 18.5. The molecule has 4 rings (SSSR count). The van der Waals surface area contributed by atoms with Gasteiger partial charge in [0.25, 0.3) is 0 Å². The van der Waals surface area contributed by atoms with Crippen molar-refractivity contribution in [2.45, 2.75) is 56.3 Å². The molecule has 0 spiro atoms. The third-order valence-electron chi connectivity index (χ3n) is 6.33. The van der Waals surface area contributed by atoms with Crippen LogP contribution in [-0.4, -0.2) is 63.1 Å². The fraction of sp³-hybridized carbons (Fsp3) is 0.478. The van der Waals surface area contributed by atoms with Crippen LogP contribution in [0.15, 0.2) is 24.3 Å². The Morgan fingerprint density at radius 1 is 1.12 bits per heavy atom. The number of nitriles is 1. The molecule has 1 aliphatic heterocycles. The first kappa shape index (κ1) is 22.9. The number of aliphatic hydroxyl groups excluding tert-OH is 4. The van der Waals surface area contributed by atoms with Crippen molar-refractivity contribution in [2.24, 2.45) is 0 Å². The summed E-state index contributed by atoms with van der Waals surface area (Å²) in [5, 5.41) is 50.9. The van der Waals surface area contributed by atoms with E-state index in [1.165, 1.54) is 0 Å². The predicted molar refractivity (Wildman–Crippen MR) is 118 cm³/mol. The lowest BCUT2D eigenvalue weighted by Gasteiger charge is -2.42. The van der Waals surface area contributed by atoms with E-state index in [1.54, 1.807) is 11.7 Å². The summed E-state index contributed by atoms with van der Waals surface area (Å²) >= 11 is 5.71. The Morgan fingerprint density at radius 3 is 2.44 bits per heavy atom. The third-order valence-corrected chi connectivity index (χ3v) is 6.73. The SMILES string of the molecule is COc1ccc(-c2c3c(n([C@H]4O[C@@H](CO)[C@@H](O)[C@@H](O)[C@@H]4O)c(=S)c2C#N)CCCC3)cc1. The van der Waals surface area contributed by atoms with Crippen molar-refractivity contribution in [3.63, 3.8) is 0 Å². The molecule has 2 heterocycles. The van der Waals surface area contributed by atoms with Gasteiger partial charge in [-0.25, -0.2) is 0 Å². The van der Waals surface area contributed by atoms with Crippen LogP contribution in [0, 0.1) is 16.0 Å². The second-order valence-corrected chi connectivity index (χ2v) is 8.50. The van der Waals surface area contributed by atoms with Crippen molar-refractivity contribution < 1.29 is 29.9 Å². The number of hydrogen-bond donors (Lipinski definition) is 4. The van der Waals surface area contributed by atoms with E-state index in [1.807, 2.05) is 24.3 Å². The molecule has 0 amide bonds. The van der Waals surface area contributed by atoms with Gasteiger partial charge in [-0.2, -0.15) is 5.26 Å². The summed E-state index contributed by atoms with van der Waals surface area (Å²) in [7, 11) is 1.59. The number of aromatic nitrogens is 1. The first-order chi connectivity index (χ1) is 15.4. The number of methoxy groups -OCH3 is 1. The average molecular weight is 459 g/mol. The Labute approximate surface area is 190 Å². The van der Waals surface area contributed by atoms with Crippen LogP contribution in [0.1, 0.15) is 35.9 Å². The molecule has 1 aromatic heterocycles. The van der Waals surface area contributed by atoms with E-state index >= 15 is 0 Å². The second-order valence-electron chi connectivity index (χ2n) is 8.12. The van der Waals surface area contributed by atoms with Crippen LogP contribution >= 0.6 is 12.2 Å². The smallest absolute Gasteiger partial charge is 0.164 e. The summed E-state index contributed by atoms with van der Waals surface area (Å²) < 4.78 is 12.8. The Hall–Kier alpha value is -2.32. The number of pyridine rings is 1. The zero-order valence-electron chi connectivity index (χ0n) is 17.6. The predicted octanol–water partition coefficient (Wildman–Crippen LogP) is 1.62. The Morgan fingerprint density at radius 2 is 1.81 bits per heavy atom. The minimum Gasteiger partial charge on any atom is -0.497 e. The molecular weight excluding hydrogens is 432 g/mol. The minimum atomic E-state index is -1.53. The molecule has 8 nitrogen and oxygen atoms in total. The average Bonchev–Trinajstić information content (AvgIpc) is 2.83. The molecule has 32 heavy (non-hydrogen) atoms. The lowest BCUT2D eigenvalue weighted by atomic mass is 9.86. The summed E-state index contributed by atoms with van der Waals surface area (Å²) in [4.78, 5) is 0. The monoisotopic (exact) mass is 458 g/mol. The van der Waals surface area contributed by atoms with Crippen LogP contribution < -0.4 is 4.74 Å². The number of ether oxygens (including phenoxy) is 2. The van der Waals surface area contributed by atoms with Crippen LogP contribution in [-0.2, 0) is 17.6 Å². The Balaban J connectivity index is 1.94. The molecule has 2 aliphatic rings. The van der Waals surface area contributed by atoms with Crippen LogP contribution in [0.3, 0.4) is 0 Å². The molecule has 1 aliphatic carbocycles. The molecule has 1 saturated heterocycles. The molecule has 1 aromatic carbocycles. The summed E-state index contributed by atoms with van der Waals surface area (Å²) in [6.07, 6.45) is -3.47. The highest BCUT2D eigenvalue weighted by molar-refractivity contribution is 7.71. The zero-order chi connectivity index (χ0) is 23.0. The van der Waals surface area contributed by atoms with Crippen LogP contribution in [0.5, 0.6) is 5.75 Å². The van der Waals surface area contributed by atoms with Gasteiger partial charge in [0, 0.05) is 11.3 Å². The number of nitrogens with zero attached hydrogens (tertiary/aromatic N) is 2. The molecule has 9 heteroatoms. The summed E-state index contributed by atoms with van der Waals surface area (Å²) in [5.41, 5.74) is 3.66. The second kappa shape index (κ2) is 9.27. The highest BCUT2D eigenvalue weighted by Gasteiger charge is 2.45. The minimum absolute atomic E-state index is 0.184. The normalized spacial score (nSPS) is 27.4. The fourth-order valence-corrected chi connectivity index (χ4v) is 5.03. The van der Waals surface area contributed by atoms with Crippen LogP contribution in [0.4, 0.5) is 0 Å². The van der Waals surface area contributed by atoms with E-state index in [2.05, 4.69) is 6.07 Å². The van der Waals surface area contributed by atoms with Gasteiger partial charge in [0.2, 0.25) is 0 Å². The van der Waals surface area contributed by atoms with Crippen molar-refractivity contribution in [1.82, 2.24) is 4.57 Å². The lowest BCUT2D eigenvalue weighted by Crippen LogP contribution is -2.57. The molecule has 2 aromatic rings. The van der Waals surface area contributed by atoms with Gasteiger partial charge in [0.1, 0.15) is 40.9 Å². The number of benzene rings is 1. The fourth-order valence-electron chi connectivity index (χ4n) is 4.67. The maximum absolute atomic E-state index is 10.7. The highest BCUT2D eigenvalue weighted by Crippen LogP contribution is 2.39. The molecule has 5 atom stereocenters. The highest BCUT2D eigenvalue weighted by atomic mass is 32.1. The van der Waals surface area contributed by atoms with Crippen LogP contribution in [0.2, 0.25) is 0 Å². The van der Waals surface area contributed by atoms with Gasteiger partial charge in [-0.05, 0) is 48.9 Å². The van der Waals surface area contributed by atoms with Crippen molar-refractivity contribution in [3.8, 4) is 22.9 Å². The van der Waals surface area contributed by atoms with Gasteiger partial charge in [-0.15, -0.1) is 0 Å². The molecule has 0 unspecified atom stereocenters. The summed E-state index contributed by atoms with van der Waals surface area (Å²) in [6.45, 7) is -0.536. The van der Waals surface area contributed by atoms with Gasteiger partial charge < -0.3 is 34.5 Å².